The summed E-state index contributed by atoms with van der Waals surface area (Å²) in [5, 5.41) is 8.57. The molecule has 4 nitrogen and oxygen atoms in total. The van der Waals surface area contributed by atoms with Crippen molar-refractivity contribution in [2.75, 3.05) is 6.61 Å². The van der Waals surface area contributed by atoms with Crippen molar-refractivity contribution in [3.63, 3.8) is 0 Å². The number of rotatable bonds is 4. The average molecular weight is 189 g/mol. The third-order valence-corrected chi connectivity index (χ3v) is 1.51. The number of ether oxygens (including phenoxy) is 1. The first-order valence-electron chi connectivity index (χ1n) is 4.22. The zero-order chi connectivity index (χ0) is 10.4. The Morgan fingerprint density at radius 1 is 1.71 bits per heavy atom. The minimum Gasteiger partial charge on any atom is -0.463 e. The van der Waals surface area contributed by atoms with Gasteiger partial charge in [0.1, 0.15) is 11.8 Å². The number of hydrogen-bond acceptors (Lipinski definition) is 4. The number of aromatic nitrogens is 2. The van der Waals surface area contributed by atoms with Crippen LogP contribution in [0.2, 0.25) is 0 Å². The summed E-state index contributed by atoms with van der Waals surface area (Å²) >= 11 is 0. The molecule has 1 rings (SSSR count). The first kappa shape index (κ1) is 10.2. The van der Waals surface area contributed by atoms with Crippen LogP contribution < -0.4 is 4.74 Å². The Kier molecular flexibility index (Phi) is 3.62. The lowest BCUT2D eigenvalue weighted by Gasteiger charge is -2.02. The second-order valence-corrected chi connectivity index (χ2v) is 2.89. The quantitative estimate of drug-likeness (QED) is 0.676. The van der Waals surface area contributed by atoms with E-state index in [1.807, 2.05) is 13.0 Å². The largest absolute Gasteiger partial charge is 0.463 e. The van der Waals surface area contributed by atoms with Crippen molar-refractivity contribution < 1.29 is 4.74 Å². The molecule has 0 aliphatic rings. The van der Waals surface area contributed by atoms with Gasteiger partial charge < -0.3 is 4.74 Å². The van der Waals surface area contributed by atoms with Crippen LogP contribution in [0.25, 0.3) is 0 Å². The van der Waals surface area contributed by atoms with E-state index in [9.17, 15) is 0 Å². The molecule has 0 aliphatic carbocycles. The first-order valence-corrected chi connectivity index (χ1v) is 4.22. The van der Waals surface area contributed by atoms with Crippen LogP contribution in [0, 0.1) is 11.3 Å². The monoisotopic (exact) mass is 189 g/mol. The Balaban J connectivity index is 2.51. The molecule has 1 aromatic rings. The molecule has 0 N–H and O–H groups in total. The van der Waals surface area contributed by atoms with Gasteiger partial charge in [0, 0.05) is 12.6 Å². The smallest absolute Gasteiger partial charge is 0.317 e. The minimum absolute atomic E-state index is 0.241. The molecular weight excluding hydrogens is 178 g/mol. The molecule has 0 aromatic carbocycles. The van der Waals surface area contributed by atoms with E-state index >= 15 is 0 Å². The predicted octanol–water partition coefficient (Wildman–Crippen LogP) is 1.69. The van der Waals surface area contributed by atoms with Crippen molar-refractivity contribution in [1.29, 1.82) is 5.26 Å². The lowest BCUT2D eigenvalue weighted by molar-refractivity contribution is 0.296. The lowest BCUT2D eigenvalue weighted by atomic mass is 10.3. The van der Waals surface area contributed by atoms with E-state index < -0.39 is 0 Å². The van der Waals surface area contributed by atoms with E-state index in [0.717, 1.165) is 12.0 Å². The second kappa shape index (κ2) is 4.97. The van der Waals surface area contributed by atoms with Crippen LogP contribution in [-0.4, -0.2) is 16.6 Å². The molecule has 1 heterocycles. The molecule has 1 aromatic heterocycles. The van der Waals surface area contributed by atoms with Gasteiger partial charge in [-0.15, -0.1) is 6.58 Å². The first-order chi connectivity index (χ1) is 6.72. The van der Waals surface area contributed by atoms with Gasteiger partial charge in [0.05, 0.1) is 6.61 Å². The summed E-state index contributed by atoms with van der Waals surface area (Å²) in [4.78, 5) is 7.73. The Morgan fingerprint density at radius 2 is 2.50 bits per heavy atom. The van der Waals surface area contributed by atoms with E-state index in [1.165, 1.54) is 12.3 Å². The molecule has 0 fully saturated rings. The van der Waals surface area contributed by atoms with Gasteiger partial charge in [-0.3, -0.25) is 0 Å². The van der Waals surface area contributed by atoms with Crippen LogP contribution in [0.5, 0.6) is 6.01 Å². The summed E-state index contributed by atoms with van der Waals surface area (Å²) in [7, 11) is 0. The lowest BCUT2D eigenvalue weighted by Crippen LogP contribution is -2.01. The number of hydrogen-bond donors (Lipinski definition) is 0. The van der Waals surface area contributed by atoms with Crippen LogP contribution >= 0.6 is 0 Å². The Morgan fingerprint density at radius 3 is 3.14 bits per heavy atom. The Bertz CT molecular complexity index is 368. The van der Waals surface area contributed by atoms with Crippen LogP contribution in [0.1, 0.15) is 19.0 Å². The van der Waals surface area contributed by atoms with Crippen molar-refractivity contribution in [1.82, 2.24) is 9.97 Å². The molecule has 0 atom stereocenters. The van der Waals surface area contributed by atoms with E-state index in [4.69, 9.17) is 10.00 Å². The summed E-state index contributed by atoms with van der Waals surface area (Å²) < 4.78 is 5.23. The fraction of sp³-hybridized carbons (Fsp3) is 0.300. The second-order valence-electron chi connectivity index (χ2n) is 2.89. The van der Waals surface area contributed by atoms with Gasteiger partial charge in [0.25, 0.3) is 0 Å². The molecule has 0 amide bonds. The molecule has 0 aliphatic heterocycles. The highest BCUT2D eigenvalue weighted by Gasteiger charge is 1.98. The number of nitrogens with zero attached hydrogens (tertiary/aromatic N) is 3. The number of nitriles is 1. The van der Waals surface area contributed by atoms with Crippen molar-refractivity contribution in [2.45, 2.75) is 13.3 Å². The Hall–Kier alpha value is -1.89. The van der Waals surface area contributed by atoms with Gasteiger partial charge in [-0.2, -0.15) is 10.2 Å². The molecule has 0 bridgehead atoms. The highest BCUT2D eigenvalue weighted by molar-refractivity contribution is 5.19. The van der Waals surface area contributed by atoms with Crippen LogP contribution in [-0.2, 0) is 0 Å². The molecule has 4 heteroatoms. The maximum atomic E-state index is 8.57. The van der Waals surface area contributed by atoms with Crippen LogP contribution in [0.4, 0.5) is 0 Å². The highest BCUT2D eigenvalue weighted by atomic mass is 16.5. The Labute approximate surface area is 82.9 Å². The third kappa shape index (κ3) is 3.23. The van der Waals surface area contributed by atoms with Gasteiger partial charge in [0.15, 0.2) is 0 Å². The normalized spacial score (nSPS) is 9.14. The summed E-state index contributed by atoms with van der Waals surface area (Å²) in [6, 6.07) is 3.69. The molecule has 0 saturated carbocycles. The van der Waals surface area contributed by atoms with Gasteiger partial charge in [0.2, 0.25) is 0 Å². The van der Waals surface area contributed by atoms with E-state index in [1.54, 1.807) is 0 Å². The molecule has 0 unspecified atom stereocenters. The topological polar surface area (TPSA) is 58.8 Å². The maximum Gasteiger partial charge on any atom is 0.317 e. The van der Waals surface area contributed by atoms with Gasteiger partial charge in [-0.25, -0.2) is 4.98 Å². The fourth-order valence-corrected chi connectivity index (χ4v) is 0.789. The van der Waals surface area contributed by atoms with Crippen molar-refractivity contribution in [2.24, 2.45) is 0 Å². The summed E-state index contributed by atoms with van der Waals surface area (Å²) in [5.74, 6) is 0. The highest BCUT2D eigenvalue weighted by Crippen LogP contribution is 2.03. The standard InChI is InChI=1S/C10H11N3O/c1-8(2)4-6-14-10-12-5-3-9(7-11)13-10/h3,5H,1,4,6H2,2H3. The van der Waals surface area contributed by atoms with E-state index in [0.29, 0.717) is 12.3 Å². The molecule has 0 radical (unpaired) electrons. The molecule has 0 saturated heterocycles. The maximum absolute atomic E-state index is 8.57. The zero-order valence-corrected chi connectivity index (χ0v) is 8.03. The average Bonchev–Trinajstić information content (AvgIpc) is 2.18. The van der Waals surface area contributed by atoms with Crippen LogP contribution in [0.15, 0.2) is 24.4 Å². The summed E-state index contributed by atoms with van der Waals surface area (Å²) in [6.07, 6.45) is 2.27. The minimum atomic E-state index is 0.241. The zero-order valence-electron chi connectivity index (χ0n) is 8.03. The fourth-order valence-electron chi connectivity index (χ4n) is 0.789. The molecule has 0 spiro atoms. The molecular formula is C10H11N3O. The summed E-state index contributed by atoms with van der Waals surface area (Å²) in [6.45, 7) is 6.16. The van der Waals surface area contributed by atoms with Gasteiger partial charge in [-0.1, -0.05) is 5.57 Å². The molecule has 14 heavy (non-hydrogen) atoms. The predicted molar refractivity (Wildman–Crippen MR) is 51.7 cm³/mol. The van der Waals surface area contributed by atoms with Gasteiger partial charge in [-0.05, 0) is 13.0 Å². The van der Waals surface area contributed by atoms with E-state index in [-0.39, 0.29) is 6.01 Å². The summed E-state index contributed by atoms with van der Waals surface area (Å²) in [5.41, 5.74) is 1.35. The van der Waals surface area contributed by atoms with Crippen molar-refractivity contribution in [3.05, 3.63) is 30.1 Å². The third-order valence-electron chi connectivity index (χ3n) is 1.51. The van der Waals surface area contributed by atoms with Crippen molar-refractivity contribution in [3.8, 4) is 12.1 Å². The SMILES string of the molecule is C=C(C)CCOc1nccc(C#N)n1. The molecule has 72 valence electrons. The van der Waals surface area contributed by atoms with E-state index in [2.05, 4.69) is 16.5 Å². The van der Waals surface area contributed by atoms with Crippen molar-refractivity contribution >= 4 is 0 Å². The van der Waals surface area contributed by atoms with Crippen LogP contribution in [0.3, 0.4) is 0 Å². The van der Waals surface area contributed by atoms with Gasteiger partial charge >= 0.3 is 6.01 Å².